The van der Waals surface area contributed by atoms with Crippen LogP contribution in [0.1, 0.15) is 36.5 Å². The molecule has 0 aromatic heterocycles. The third-order valence-electron chi connectivity index (χ3n) is 5.04. The SMILES string of the molecule is CC1C(c2ccccc2)OC(=O)N1C(=O)[C@@H]1C[C@H]1c1ccc(Br)cc1. The maximum atomic E-state index is 12.9. The fraction of sp³-hybridized carbons (Fsp3) is 0.300. The van der Waals surface area contributed by atoms with E-state index in [1.165, 1.54) is 4.90 Å². The second-order valence-electron chi connectivity index (χ2n) is 6.66. The van der Waals surface area contributed by atoms with Crippen molar-refractivity contribution in [1.82, 2.24) is 4.90 Å². The first kappa shape index (κ1) is 16.3. The highest BCUT2D eigenvalue weighted by Crippen LogP contribution is 2.50. The molecule has 2 fully saturated rings. The lowest BCUT2D eigenvalue weighted by molar-refractivity contribution is -0.130. The Morgan fingerprint density at radius 3 is 2.44 bits per heavy atom. The smallest absolute Gasteiger partial charge is 0.417 e. The van der Waals surface area contributed by atoms with Crippen molar-refractivity contribution in [1.29, 1.82) is 0 Å². The standard InChI is InChI=1S/C20H18BrNO3/c1-12-18(14-5-3-2-4-6-14)25-20(24)22(12)19(23)17-11-16(17)13-7-9-15(21)10-8-13/h2-10,12,16-18H,11H2,1H3/t12?,16-,17+,18?/m0/s1. The van der Waals surface area contributed by atoms with Crippen molar-refractivity contribution in [3.8, 4) is 0 Å². The molecule has 4 rings (SSSR count). The van der Waals surface area contributed by atoms with E-state index in [0.29, 0.717) is 0 Å². The Morgan fingerprint density at radius 1 is 1.08 bits per heavy atom. The van der Waals surface area contributed by atoms with Gasteiger partial charge in [-0.1, -0.05) is 58.4 Å². The van der Waals surface area contributed by atoms with Crippen LogP contribution in [-0.2, 0) is 9.53 Å². The van der Waals surface area contributed by atoms with Gasteiger partial charge in [-0.2, -0.15) is 0 Å². The molecule has 128 valence electrons. The third-order valence-corrected chi connectivity index (χ3v) is 5.57. The summed E-state index contributed by atoms with van der Waals surface area (Å²) in [7, 11) is 0. The molecule has 5 heteroatoms. The summed E-state index contributed by atoms with van der Waals surface area (Å²) in [5, 5.41) is 0. The van der Waals surface area contributed by atoms with Crippen LogP contribution >= 0.6 is 15.9 Å². The number of carbonyl (C=O) groups excluding carboxylic acids is 2. The first-order valence-electron chi connectivity index (χ1n) is 8.40. The largest absolute Gasteiger partial charge is 0.439 e. The van der Waals surface area contributed by atoms with Crippen molar-refractivity contribution in [2.24, 2.45) is 5.92 Å². The molecule has 4 atom stereocenters. The van der Waals surface area contributed by atoms with Gasteiger partial charge in [0.1, 0.15) is 6.10 Å². The van der Waals surface area contributed by atoms with E-state index in [4.69, 9.17) is 4.74 Å². The Bertz CT molecular complexity index is 805. The number of rotatable bonds is 3. The number of benzene rings is 2. The van der Waals surface area contributed by atoms with E-state index in [2.05, 4.69) is 15.9 Å². The minimum absolute atomic E-state index is 0.121. The van der Waals surface area contributed by atoms with Crippen LogP contribution in [0.15, 0.2) is 59.1 Å². The van der Waals surface area contributed by atoms with E-state index in [1.54, 1.807) is 0 Å². The monoisotopic (exact) mass is 399 g/mol. The van der Waals surface area contributed by atoms with Crippen molar-refractivity contribution >= 4 is 27.9 Å². The highest BCUT2D eigenvalue weighted by Gasteiger charge is 2.52. The van der Waals surface area contributed by atoms with Gasteiger partial charge in [0.2, 0.25) is 5.91 Å². The van der Waals surface area contributed by atoms with E-state index in [1.807, 2.05) is 61.5 Å². The van der Waals surface area contributed by atoms with Crippen molar-refractivity contribution in [2.75, 3.05) is 0 Å². The van der Waals surface area contributed by atoms with Crippen LogP contribution in [0.2, 0.25) is 0 Å². The Morgan fingerprint density at radius 2 is 1.76 bits per heavy atom. The lowest BCUT2D eigenvalue weighted by Gasteiger charge is -2.19. The number of hydrogen-bond donors (Lipinski definition) is 0. The first-order valence-corrected chi connectivity index (χ1v) is 9.19. The van der Waals surface area contributed by atoms with Crippen molar-refractivity contribution in [3.05, 3.63) is 70.2 Å². The molecule has 2 aliphatic rings. The molecule has 1 aliphatic heterocycles. The molecule has 2 aromatic carbocycles. The zero-order valence-electron chi connectivity index (χ0n) is 13.8. The molecule has 25 heavy (non-hydrogen) atoms. The van der Waals surface area contributed by atoms with Crippen LogP contribution in [-0.4, -0.2) is 22.9 Å². The summed E-state index contributed by atoms with van der Waals surface area (Å²) in [5.74, 6) is -0.0640. The summed E-state index contributed by atoms with van der Waals surface area (Å²) in [5.41, 5.74) is 2.06. The third kappa shape index (κ3) is 2.97. The molecule has 0 spiro atoms. The van der Waals surface area contributed by atoms with Gasteiger partial charge in [-0.05, 0) is 42.5 Å². The average Bonchev–Trinajstić information content (AvgIpc) is 3.36. The Labute approximate surface area is 154 Å². The van der Waals surface area contributed by atoms with Gasteiger partial charge in [0, 0.05) is 10.4 Å². The van der Waals surface area contributed by atoms with Gasteiger partial charge < -0.3 is 4.74 Å². The van der Waals surface area contributed by atoms with Gasteiger partial charge in [0.15, 0.2) is 0 Å². The van der Waals surface area contributed by atoms with Gasteiger partial charge >= 0.3 is 6.09 Å². The summed E-state index contributed by atoms with van der Waals surface area (Å²) in [4.78, 5) is 26.5. The quantitative estimate of drug-likeness (QED) is 0.753. The average molecular weight is 400 g/mol. The zero-order chi connectivity index (χ0) is 17.6. The number of hydrogen-bond acceptors (Lipinski definition) is 3. The van der Waals surface area contributed by atoms with E-state index < -0.39 is 12.2 Å². The van der Waals surface area contributed by atoms with Gasteiger partial charge in [-0.15, -0.1) is 0 Å². The highest BCUT2D eigenvalue weighted by atomic mass is 79.9. The molecule has 2 aromatic rings. The second-order valence-corrected chi connectivity index (χ2v) is 7.58. The maximum absolute atomic E-state index is 12.9. The van der Waals surface area contributed by atoms with Crippen LogP contribution < -0.4 is 0 Å². The molecule has 1 saturated heterocycles. The summed E-state index contributed by atoms with van der Waals surface area (Å²) in [6.45, 7) is 1.87. The summed E-state index contributed by atoms with van der Waals surface area (Å²) in [6.07, 6.45) is -0.150. The van der Waals surface area contributed by atoms with Gasteiger partial charge in [0.05, 0.1) is 6.04 Å². The molecular formula is C20H18BrNO3. The summed E-state index contributed by atoms with van der Waals surface area (Å²) in [6, 6.07) is 17.3. The van der Waals surface area contributed by atoms with Crippen molar-refractivity contribution in [2.45, 2.75) is 31.4 Å². The number of imide groups is 1. The van der Waals surface area contributed by atoms with Crippen LogP contribution in [0.25, 0.3) is 0 Å². The molecule has 0 radical (unpaired) electrons. The Kier molecular flexibility index (Phi) is 4.12. The normalized spacial score (nSPS) is 27.9. The van der Waals surface area contributed by atoms with E-state index in [0.717, 1.165) is 22.0 Å². The van der Waals surface area contributed by atoms with Crippen LogP contribution in [0.5, 0.6) is 0 Å². The van der Waals surface area contributed by atoms with Crippen LogP contribution in [0.4, 0.5) is 4.79 Å². The topological polar surface area (TPSA) is 46.6 Å². The van der Waals surface area contributed by atoms with Crippen molar-refractivity contribution < 1.29 is 14.3 Å². The molecule has 1 saturated carbocycles. The predicted molar refractivity (Wildman–Crippen MR) is 97.0 cm³/mol. The van der Waals surface area contributed by atoms with Gasteiger partial charge in [0.25, 0.3) is 0 Å². The molecule has 1 aliphatic carbocycles. The Hall–Kier alpha value is -2.14. The van der Waals surface area contributed by atoms with Gasteiger partial charge in [-0.25, -0.2) is 9.69 Å². The molecule has 0 bridgehead atoms. The minimum atomic E-state index is -0.534. The number of ether oxygens (including phenoxy) is 1. The molecule has 4 nitrogen and oxygen atoms in total. The number of amides is 2. The second kappa shape index (κ2) is 6.30. The van der Waals surface area contributed by atoms with E-state index in [-0.39, 0.29) is 23.8 Å². The first-order chi connectivity index (χ1) is 12.1. The molecule has 2 amide bonds. The summed E-state index contributed by atoms with van der Waals surface area (Å²) >= 11 is 3.42. The predicted octanol–water partition coefficient (Wildman–Crippen LogP) is 4.66. The Balaban J connectivity index is 1.49. The minimum Gasteiger partial charge on any atom is -0.439 e. The zero-order valence-corrected chi connectivity index (χ0v) is 15.3. The fourth-order valence-corrected chi connectivity index (χ4v) is 3.83. The lowest BCUT2D eigenvalue weighted by Crippen LogP contribution is -2.39. The molecular weight excluding hydrogens is 382 g/mol. The number of cyclic esters (lactones) is 1. The number of carbonyl (C=O) groups is 2. The molecule has 0 N–H and O–H groups in total. The van der Waals surface area contributed by atoms with E-state index >= 15 is 0 Å². The van der Waals surface area contributed by atoms with Crippen LogP contribution in [0.3, 0.4) is 0 Å². The van der Waals surface area contributed by atoms with Crippen molar-refractivity contribution in [3.63, 3.8) is 0 Å². The number of halogens is 1. The lowest BCUT2D eigenvalue weighted by atomic mass is 10.0. The summed E-state index contributed by atoms with van der Waals surface area (Å²) < 4.78 is 6.50. The van der Waals surface area contributed by atoms with Crippen LogP contribution in [0, 0.1) is 5.92 Å². The fourth-order valence-electron chi connectivity index (χ4n) is 3.57. The molecule has 1 heterocycles. The number of nitrogens with zero attached hydrogens (tertiary/aromatic N) is 1. The molecule has 2 unspecified atom stereocenters. The maximum Gasteiger partial charge on any atom is 0.417 e. The highest BCUT2D eigenvalue weighted by molar-refractivity contribution is 9.10. The van der Waals surface area contributed by atoms with E-state index in [9.17, 15) is 9.59 Å². The van der Waals surface area contributed by atoms with Gasteiger partial charge in [-0.3, -0.25) is 4.79 Å².